The van der Waals surface area contributed by atoms with Crippen molar-refractivity contribution in [2.45, 2.75) is 25.7 Å². The predicted octanol–water partition coefficient (Wildman–Crippen LogP) is 1.88. The summed E-state index contributed by atoms with van der Waals surface area (Å²) in [5.74, 6) is 0. The fourth-order valence-corrected chi connectivity index (χ4v) is 3.52. The average Bonchev–Trinajstić information content (AvgIpc) is 2.71. The summed E-state index contributed by atoms with van der Waals surface area (Å²) < 4.78 is 5.46. The van der Waals surface area contributed by atoms with Gasteiger partial charge in [0.15, 0.2) is 0 Å². The van der Waals surface area contributed by atoms with E-state index in [1.54, 1.807) is 0 Å². The van der Waals surface area contributed by atoms with Gasteiger partial charge in [0.1, 0.15) is 0 Å². The lowest BCUT2D eigenvalue weighted by molar-refractivity contribution is -0.0337. The molecule has 110 valence electrons. The minimum atomic E-state index is 0.0643. The summed E-state index contributed by atoms with van der Waals surface area (Å²) in [4.78, 5) is 2.54. The Labute approximate surface area is 121 Å². The molecule has 0 radical (unpaired) electrons. The van der Waals surface area contributed by atoms with Crippen LogP contribution in [0.4, 0.5) is 0 Å². The van der Waals surface area contributed by atoms with Crippen LogP contribution in [-0.4, -0.2) is 49.5 Å². The van der Waals surface area contributed by atoms with Crippen molar-refractivity contribution >= 4 is 0 Å². The van der Waals surface area contributed by atoms with Crippen LogP contribution in [0, 0.1) is 5.41 Å². The molecule has 2 heterocycles. The van der Waals surface area contributed by atoms with Crippen molar-refractivity contribution in [1.29, 1.82) is 0 Å². The summed E-state index contributed by atoms with van der Waals surface area (Å²) in [5.41, 5.74) is 3.06. The Balaban J connectivity index is 1.64. The summed E-state index contributed by atoms with van der Waals surface area (Å²) >= 11 is 0. The summed E-state index contributed by atoms with van der Waals surface area (Å²) in [5, 5.41) is 9.83. The van der Waals surface area contributed by atoms with E-state index in [0.717, 1.165) is 58.5 Å². The zero-order valence-corrected chi connectivity index (χ0v) is 12.2. The van der Waals surface area contributed by atoms with E-state index in [1.807, 2.05) is 0 Å². The number of fused-ring (bicyclic) bond motifs is 1. The molecule has 1 aromatic rings. The SMILES string of the molecule is OCC1(CN2CCc3ccccc3CC2)CCOCC1. The van der Waals surface area contributed by atoms with Gasteiger partial charge in [-0.15, -0.1) is 0 Å². The number of aliphatic hydroxyl groups is 1. The molecule has 0 aromatic heterocycles. The Morgan fingerprint density at radius 3 is 2.20 bits per heavy atom. The molecule has 0 atom stereocenters. The van der Waals surface area contributed by atoms with E-state index < -0.39 is 0 Å². The molecule has 3 heteroatoms. The van der Waals surface area contributed by atoms with Gasteiger partial charge in [-0.1, -0.05) is 24.3 Å². The first-order chi connectivity index (χ1) is 9.81. The number of ether oxygens (including phenoxy) is 1. The maximum atomic E-state index is 9.83. The highest BCUT2D eigenvalue weighted by Crippen LogP contribution is 2.31. The molecule has 0 spiro atoms. The van der Waals surface area contributed by atoms with Gasteiger partial charge >= 0.3 is 0 Å². The molecule has 1 N–H and O–H groups in total. The van der Waals surface area contributed by atoms with Crippen molar-refractivity contribution in [3.05, 3.63) is 35.4 Å². The molecule has 2 aliphatic rings. The van der Waals surface area contributed by atoms with E-state index in [-0.39, 0.29) is 5.41 Å². The smallest absolute Gasteiger partial charge is 0.0501 e. The van der Waals surface area contributed by atoms with Gasteiger partial charge < -0.3 is 14.7 Å². The second-order valence-corrected chi connectivity index (χ2v) is 6.32. The number of benzene rings is 1. The first kappa shape index (κ1) is 14.1. The molecule has 3 rings (SSSR count). The minimum absolute atomic E-state index is 0.0643. The monoisotopic (exact) mass is 275 g/mol. The lowest BCUT2D eigenvalue weighted by Crippen LogP contribution is -2.44. The lowest BCUT2D eigenvalue weighted by atomic mass is 9.80. The van der Waals surface area contributed by atoms with Crippen LogP contribution in [0.2, 0.25) is 0 Å². The van der Waals surface area contributed by atoms with E-state index >= 15 is 0 Å². The van der Waals surface area contributed by atoms with Crippen LogP contribution in [-0.2, 0) is 17.6 Å². The van der Waals surface area contributed by atoms with Crippen molar-refractivity contribution in [2.75, 3.05) is 39.5 Å². The lowest BCUT2D eigenvalue weighted by Gasteiger charge is -2.39. The first-order valence-corrected chi connectivity index (χ1v) is 7.79. The van der Waals surface area contributed by atoms with Crippen LogP contribution in [0.25, 0.3) is 0 Å². The van der Waals surface area contributed by atoms with Crippen LogP contribution in [0.1, 0.15) is 24.0 Å². The Hall–Kier alpha value is -0.900. The summed E-state index contributed by atoms with van der Waals surface area (Å²) in [7, 11) is 0. The molecule has 20 heavy (non-hydrogen) atoms. The normalized spacial score (nSPS) is 23.1. The molecule has 1 aromatic carbocycles. The molecular formula is C17H25NO2. The van der Waals surface area contributed by atoms with E-state index in [1.165, 1.54) is 11.1 Å². The van der Waals surface area contributed by atoms with Gasteiger partial charge in [0.25, 0.3) is 0 Å². The molecule has 0 amide bonds. The molecule has 1 saturated heterocycles. The van der Waals surface area contributed by atoms with Gasteiger partial charge in [0.05, 0.1) is 6.61 Å². The van der Waals surface area contributed by atoms with Crippen LogP contribution < -0.4 is 0 Å². The number of nitrogens with zero attached hydrogens (tertiary/aromatic N) is 1. The molecule has 0 saturated carbocycles. The maximum Gasteiger partial charge on any atom is 0.0501 e. The van der Waals surface area contributed by atoms with E-state index in [4.69, 9.17) is 4.74 Å². The highest BCUT2D eigenvalue weighted by Gasteiger charge is 2.34. The van der Waals surface area contributed by atoms with Gasteiger partial charge in [0.2, 0.25) is 0 Å². The third kappa shape index (κ3) is 3.05. The third-order valence-electron chi connectivity index (χ3n) is 4.96. The van der Waals surface area contributed by atoms with Gasteiger partial charge in [-0.3, -0.25) is 0 Å². The third-order valence-corrected chi connectivity index (χ3v) is 4.96. The Bertz CT molecular complexity index is 413. The highest BCUT2D eigenvalue weighted by molar-refractivity contribution is 5.28. The van der Waals surface area contributed by atoms with Crippen molar-refractivity contribution < 1.29 is 9.84 Å². The summed E-state index contributed by atoms with van der Waals surface area (Å²) in [6, 6.07) is 8.80. The summed E-state index contributed by atoms with van der Waals surface area (Å²) in [6.07, 6.45) is 4.25. The quantitative estimate of drug-likeness (QED) is 0.914. The van der Waals surface area contributed by atoms with Gasteiger partial charge in [-0.05, 0) is 36.8 Å². The second-order valence-electron chi connectivity index (χ2n) is 6.32. The Morgan fingerprint density at radius 2 is 1.65 bits per heavy atom. The topological polar surface area (TPSA) is 32.7 Å². The molecule has 1 fully saturated rings. The molecule has 3 nitrogen and oxygen atoms in total. The largest absolute Gasteiger partial charge is 0.396 e. The minimum Gasteiger partial charge on any atom is -0.396 e. The van der Waals surface area contributed by atoms with Crippen molar-refractivity contribution in [3.63, 3.8) is 0 Å². The summed E-state index contributed by atoms with van der Waals surface area (Å²) in [6.45, 7) is 5.13. The van der Waals surface area contributed by atoms with Crippen molar-refractivity contribution in [2.24, 2.45) is 5.41 Å². The average molecular weight is 275 g/mol. The number of hydrogen-bond acceptors (Lipinski definition) is 3. The van der Waals surface area contributed by atoms with Gasteiger partial charge in [0, 0.05) is 38.3 Å². The van der Waals surface area contributed by atoms with E-state index in [9.17, 15) is 5.11 Å². The van der Waals surface area contributed by atoms with Crippen molar-refractivity contribution in [1.82, 2.24) is 4.90 Å². The fourth-order valence-electron chi connectivity index (χ4n) is 3.52. The predicted molar refractivity (Wildman–Crippen MR) is 79.9 cm³/mol. The molecule has 0 bridgehead atoms. The Morgan fingerprint density at radius 1 is 1.05 bits per heavy atom. The molecule has 0 aliphatic carbocycles. The number of rotatable bonds is 3. The standard InChI is InChI=1S/C17H25NO2/c19-14-17(7-11-20-12-8-17)13-18-9-5-15-3-1-2-4-16(15)6-10-18/h1-4,19H,5-14H2. The van der Waals surface area contributed by atoms with Crippen LogP contribution in [0.15, 0.2) is 24.3 Å². The molecule has 0 unspecified atom stereocenters. The zero-order chi connectivity index (χ0) is 13.8. The van der Waals surface area contributed by atoms with Crippen LogP contribution in [0.3, 0.4) is 0 Å². The molecule has 2 aliphatic heterocycles. The Kier molecular flexibility index (Phi) is 4.39. The first-order valence-electron chi connectivity index (χ1n) is 7.79. The van der Waals surface area contributed by atoms with E-state index in [2.05, 4.69) is 29.2 Å². The fraction of sp³-hybridized carbons (Fsp3) is 0.647. The number of hydrogen-bond donors (Lipinski definition) is 1. The second kappa shape index (κ2) is 6.25. The van der Waals surface area contributed by atoms with Gasteiger partial charge in [-0.25, -0.2) is 0 Å². The maximum absolute atomic E-state index is 9.83. The highest BCUT2D eigenvalue weighted by atomic mass is 16.5. The van der Waals surface area contributed by atoms with E-state index in [0.29, 0.717) is 6.61 Å². The number of aliphatic hydroxyl groups excluding tert-OH is 1. The van der Waals surface area contributed by atoms with Crippen LogP contribution in [0.5, 0.6) is 0 Å². The van der Waals surface area contributed by atoms with Crippen molar-refractivity contribution in [3.8, 4) is 0 Å². The zero-order valence-electron chi connectivity index (χ0n) is 12.2. The van der Waals surface area contributed by atoms with Gasteiger partial charge in [-0.2, -0.15) is 0 Å². The van der Waals surface area contributed by atoms with Crippen LogP contribution >= 0.6 is 0 Å². The molecular weight excluding hydrogens is 250 g/mol.